The smallest absolute Gasteiger partial charge is 0.243 e. The van der Waals surface area contributed by atoms with Crippen molar-refractivity contribution in [3.05, 3.63) is 24.3 Å². The van der Waals surface area contributed by atoms with Crippen molar-refractivity contribution in [3.8, 4) is 5.75 Å². The van der Waals surface area contributed by atoms with Crippen molar-refractivity contribution in [2.75, 3.05) is 53.0 Å². The molecule has 0 radical (unpaired) electrons. The molecule has 11 heteroatoms. The molecule has 2 N–H and O–H groups in total. The molecule has 1 aromatic carbocycles. The Kier molecular flexibility index (Phi) is 9.59. The van der Waals surface area contributed by atoms with E-state index in [0.29, 0.717) is 25.1 Å². The van der Waals surface area contributed by atoms with Gasteiger partial charge in [0.05, 0.1) is 56.0 Å². The summed E-state index contributed by atoms with van der Waals surface area (Å²) >= 11 is 0. The molecule has 0 saturated carbocycles. The van der Waals surface area contributed by atoms with E-state index in [4.69, 9.17) is 14.2 Å². The van der Waals surface area contributed by atoms with E-state index in [0.717, 1.165) is 19.6 Å². The average Bonchev–Trinajstić information content (AvgIpc) is 2.87. The predicted octanol–water partition coefficient (Wildman–Crippen LogP) is 0.985. The Morgan fingerprint density at radius 3 is 2.61 bits per heavy atom. The number of ether oxygens (including phenoxy) is 3. The monoisotopic (exact) mass is 525 g/mol. The van der Waals surface area contributed by atoms with Crippen LogP contribution in [0.1, 0.15) is 38.5 Å². The lowest BCUT2D eigenvalue weighted by atomic mass is 9.96. The number of nitrogens with zero attached hydrogens (tertiary/aromatic N) is 2. The van der Waals surface area contributed by atoms with Gasteiger partial charge in [0.25, 0.3) is 0 Å². The zero-order valence-corrected chi connectivity index (χ0v) is 21.8. The lowest BCUT2D eigenvalue weighted by Crippen LogP contribution is -2.57. The average molecular weight is 526 g/mol. The molecule has 0 bridgehead atoms. The Bertz CT molecular complexity index is 953. The number of hydrogen-bond acceptors (Lipinski definition) is 8. The molecule has 1 amide bonds. The van der Waals surface area contributed by atoms with Crippen LogP contribution < -0.4 is 10.1 Å². The number of amides is 1. The maximum Gasteiger partial charge on any atom is 0.243 e. The quantitative estimate of drug-likeness (QED) is 0.516. The number of β-amino-alcohol motifs (C(OH)–C–C–N with tert-alkyl or cyclic N) is 1. The highest BCUT2D eigenvalue weighted by atomic mass is 32.2. The summed E-state index contributed by atoms with van der Waals surface area (Å²) in [6.07, 6.45) is 3.25. The molecule has 3 fully saturated rings. The Balaban J connectivity index is 1.37. The second-order valence-corrected chi connectivity index (χ2v) is 11.7. The first-order valence-corrected chi connectivity index (χ1v) is 14.4. The number of likely N-dealkylation sites (tertiary alicyclic amines) is 1. The number of hydrogen-bond donors (Lipinski definition) is 2. The topological polar surface area (TPSA) is 118 Å². The first-order chi connectivity index (χ1) is 17.4. The summed E-state index contributed by atoms with van der Waals surface area (Å²) in [5.74, 6) is 0.506. The van der Waals surface area contributed by atoms with Gasteiger partial charge in [0.1, 0.15) is 5.75 Å². The van der Waals surface area contributed by atoms with Gasteiger partial charge in [-0.15, -0.1) is 0 Å². The number of methoxy groups -OCH3 is 1. The molecule has 3 aliphatic heterocycles. The molecule has 202 valence electrons. The Morgan fingerprint density at radius 1 is 1.14 bits per heavy atom. The molecule has 4 rings (SSSR count). The largest absolute Gasteiger partial charge is 0.497 e. The van der Waals surface area contributed by atoms with E-state index in [1.807, 2.05) is 0 Å². The van der Waals surface area contributed by atoms with Crippen molar-refractivity contribution >= 4 is 15.9 Å². The predicted molar refractivity (Wildman–Crippen MR) is 133 cm³/mol. The molecule has 1 aromatic rings. The van der Waals surface area contributed by atoms with E-state index in [9.17, 15) is 18.3 Å². The molecular formula is C25H39N3O7S. The minimum absolute atomic E-state index is 0.0167. The fourth-order valence-electron chi connectivity index (χ4n) is 5.27. The van der Waals surface area contributed by atoms with Gasteiger partial charge in [0.2, 0.25) is 15.9 Å². The minimum Gasteiger partial charge on any atom is -0.497 e. The number of nitrogens with one attached hydrogen (secondary N) is 1. The maximum absolute atomic E-state index is 13.6. The van der Waals surface area contributed by atoms with Crippen LogP contribution in [-0.2, 0) is 24.3 Å². The molecule has 3 heterocycles. The van der Waals surface area contributed by atoms with Crippen molar-refractivity contribution in [1.29, 1.82) is 0 Å². The third kappa shape index (κ3) is 6.96. The van der Waals surface area contributed by atoms with Crippen LogP contribution in [0.15, 0.2) is 29.2 Å². The van der Waals surface area contributed by atoms with Crippen LogP contribution >= 0.6 is 0 Å². The summed E-state index contributed by atoms with van der Waals surface area (Å²) in [6, 6.07) is 5.72. The van der Waals surface area contributed by atoms with Crippen molar-refractivity contribution in [2.24, 2.45) is 0 Å². The number of carbonyl (C=O) groups is 1. The van der Waals surface area contributed by atoms with E-state index in [2.05, 4.69) is 10.2 Å². The minimum atomic E-state index is -3.89. The van der Waals surface area contributed by atoms with Crippen LogP contribution in [-0.4, -0.2) is 106 Å². The number of carbonyl (C=O) groups excluding carboxylic acids is 1. The van der Waals surface area contributed by atoms with Crippen molar-refractivity contribution in [2.45, 2.75) is 67.8 Å². The summed E-state index contributed by atoms with van der Waals surface area (Å²) < 4.78 is 45.5. The van der Waals surface area contributed by atoms with Crippen molar-refractivity contribution < 1.29 is 32.5 Å². The van der Waals surface area contributed by atoms with Gasteiger partial charge in [-0.25, -0.2) is 8.42 Å². The number of sulfonamides is 1. The standard InChI is InChI=1S/C25H39N3O7S/c1-33-20-5-8-22(9-6-20)36(31,32)28-16-19(29)17-34-18-24-23(28)10-7-21(35-24)15-25(30)26-11-14-27-12-3-2-4-13-27/h5-6,8-9,19,21,23-24,29H,2-4,7,10-18H2,1H3,(H,26,30)/t19-,21-,23+,24-/m1/s1. The normalized spacial score (nSPS) is 28.5. The number of piperidine rings is 1. The van der Waals surface area contributed by atoms with Gasteiger partial charge < -0.3 is 29.5 Å². The fraction of sp³-hybridized carbons (Fsp3) is 0.720. The van der Waals surface area contributed by atoms with Crippen LogP contribution in [0.25, 0.3) is 0 Å². The van der Waals surface area contributed by atoms with Crippen LogP contribution in [0, 0.1) is 0 Å². The van der Waals surface area contributed by atoms with E-state index < -0.39 is 28.3 Å². The lowest BCUT2D eigenvalue weighted by molar-refractivity contribution is -0.146. The third-order valence-corrected chi connectivity index (χ3v) is 9.12. The Morgan fingerprint density at radius 2 is 1.89 bits per heavy atom. The van der Waals surface area contributed by atoms with E-state index in [1.165, 1.54) is 42.8 Å². The highest BCUT2D eigenvalue weighted by Crippen LogP contribution is 2.32. The molecule has 0 aromatic heterocycles. The first-order valence-electron chi connectivity index (χ1n) is 12.9. The SMILES string of the molecule is COc1ccc(S(=O)(=O)N2C[C@@H](O)COC[C@H]3O[C@@H](CC(=O)NCCN4CCCCC4)CC[C@@H]32)cc1. The second kappa shape index (κ2) is 12.7. The molecule has 3 saturated heterocycles. The molecule has 3 aliphatic rings. The molecule has 36 heavy (non-hydrogen) atoms. The summed E-state index contributed by atoms with van der Waals surface area (Å²) in [5, 5.41) is 13.4. The van der Waals surface area contributed by atoms with Crippen molar-refractivity contribution in [1.82, 2.24) is 14.5 Å². The van der Waals surface area contributed by atoms with Crippen LogP contribution in [0.4, 0.5) is 0 Å². The van der Waals surface area contributed by atoms with Crippen LogP contribution in [0.2, 0.25) is 0 Å². The van der Waals surface area contributed by atoms with E-state index in [-0.39, 0.29) is 43.1 Å². The van der Waals surface area contributed by atoms with Crippen LogP contribution in [0.5, 0.6) is 5.75 Å². The van der Waals surface area contributed by atoms with Crippen molar-refractivity contribution in [3.63, 3.8) is 0 Å². The Hall–Kier alpha value is -1.76. The van der Waals surface area contributed by atoms with Gasteiger partial charge in [-0.1, -0.05) is 6.42 Å². The van der Waals surface area contributed by atoms with Crippen LogP contribution in [0.3, 0.4) is 0 Å². The summed E-state index contributed by atoms with van der Waals surface area (Å²) in [7, 11) is -2.37. The van der Waals surface area contributed by atoms with Gasteiger partial charge >= 0.3 is 0 Å². The second-order valence-electron chi connectivity index (χ2n) is 9.84. The third-order valence-electron chi connectivity index (χ3n) is 7.21. The lowest BCUT2D eigenvalue weighted by Gasteiger charge is -2.43. The molecule has 4 atom stereocenters. The maximum atomic E-state index is 13.6. The highest BCUT2D eigenvalue weighted by molar-refractivity contribution is 7.89. The number of fused-ring (bicyclic) bond motifs is 1. The zero-order valence-electron chi connectivity index (χ0n) is 21.0. The Labute approximate surface area is 213 Å². The van der Waals surface area contributed by atoms with Gasteiger partial charge in [-0.3, -0.25) is 4.79 Å². The molecular weight excluding hydrogens is 486 g/mol. The van der Waals surface area contributed by atoms with Gasteiger partial charge in [0, 0.05) is 19.6 Å². The van der Waals surface area contributed by atoms with E-state index in [1.54, 1.807) is 12.1 Å². The highest BCUT2D eigenvalue weighted by Gasteiger charge is 2.43. The molecule has 0 aliphatic carbocycles. The zero-order chi connectivity index (χ0) is 25.5. The first kappa shape index (κ1) is 27.3. The number of rotatable bonds is 8. The fourth-order valence-corrected chi connectivity index (χ4v) is 6.99. The summed E-state index contributed by atoms with van der Waals surface area (Å²) in [6.45, 7) is 3.75. The molecule has 10 nitrogen and oxygen atoms in total. The number of aliphatic hydroxyl groups is 1. The summed E-state index contributed by atoms with van der Waals surface area (Å²) in [4.78, 5) is 15.1. The van der Waals surface area contributed by atoms with Gasteiger partial charge in [-0.05, 0) is 63.0 Å². The number of benzene rings is 1. The van der Waals surface area contributed by atoms with Gasteiger partial charge in [0.15, 0.2) is 0 Å². The number of aliphatic hydroxyl groups excluding tert-OH is 1. The summed E-state index contributed by atoms with van der Waals surface area (Å²) in [5.41, 5.74) is 0. The molecule has 0 spiro atoms. The molecule has 0 unspecified atom stereocenters. The van der Waals surface area contributed by atoms with E-state index >= 15 is 0 Å². The van der Waals surface area contributed by atoms with Gasteiger partial charge in [-0.2, -0.15) is 4.31 Å².